The van der Waals surface area contributed by atoms with Crippen molar-refractivity contribution in [3.8, 4) is 5.75 Å². The Morgan fingerprint density at radius 3 is 2.58 bits per heavy atom. The number of hydrogen-bond acceptors (Lipinski definition) is 4. The second-order valence-electron chi connectivity index (χ2n) is 4.75. The Hall–Kier alpha value is -2.83. The SMILES string of the molecule is COc1ccc(NC(=O)c2cnc(NC(=O)c3ccc[nH]3)[se]2)cc1. The van der Waals surface area contributed by atoms with E-state index in [9.17, 15) is 9.59 Å². The summed E-state index contributed by atoms with van der Waals surface area (Å²) < 4.78 is 6.12. The quantitative estimate of drug-likeness (QED) is 0.582. The molecule has 8 heteroatoms. The van der Waals surface area contributed by atoms with Gasteiger partial charge in [0.25, 0.3) is 0 Å². The number of nitrogens with one attached hydrogen (secondary N) is 3. The van der Waals surface area contributed by atoms with Crippen LogP contribution in [-0.4, -0.2) is 43.4 Å². The molecule has 0 radical (unpaired) electrons. The number of methoxy groups -OCH3 is 1. The molecule has 0 aliphatic rings. The summed E-state index contributed by atoms with van der Waals surface area (Å²) in [5, 5.41) is 5.50. The van der Waals surface area contributed by atoms with Crippen molar-refractivity contribution in [1.29, 1.82) is 0 Å². The first kappa shape index (κ1) is 16.0. The van der Waals surface area contributed by atoms with Crippen LogP contribution in [0.1, 0.15) is 19.7 Å². The van der Waals surface area contributed by atoms with Crippen LogP contribution in [0.3, 0.4) is 0 Å². The number of aromatic amines is 1. The summed E-state index contributed by atoms with van der Waals surface area (Å²) in [6.07, 6.45) is 3.16. The fourth-order valence-corrected chi connectivity index (χ4v) is 3.42. The van der Waals surface area contributed by atoms with Gasteiger partial charge in [-0.15, -0.1) is 0 Å². The van der Waals surface area contributed by atoms with E-state index < -0.39 is 0 Å². The third kappa shape index (κ3) is 3.73. The number of ether oxygens (including phenoxy) is 1. The molecule has 7 nitrogen and oxygen atoms in total. The number of carbonyl (C=O) groups is 2. The normalized spacial score (nSPS) is 10.2. The molecule has 122 valence electrons. The summed E-state index contributed by atoms with van der Waals surface area (Å²) in [4.78, 5) is 31.1. The van der Waals surface area contributed by atoms with Crippen molar-refractivity contribution >= 4 is 36.7 Å². The molecule has 3 aromatic rings. The molecule has 0 saturated heterocycles. The van der Waals surface area contributed by atoms with Crippen molar-refractivity contribution in [3.63, 3.8) is 0 Å². The number of hydrogen-bond donors (Lipinski definition) is 3. The second kappa shape index (κ2) is 7.16. The van der Waals surface area contributed by atoms with E-state index in [1.54, 1.807) is 49.7 Å². The van der Waals surface area contributed by atoms with Crippen LogP contribution in [0.15, 0.2) is 48.8 Å². The molecular weight excluding hydrogens is 375 g/mol. The van der Waals surface area contributed by atoms with Gasteiger partial charge in [0, 0.05) is 0 Å². The summed E-state index contributed by atoms with van der Waals surface area (Å²) in [7, 11) is 1.58. The molecule has 1 aromatic carbocycles. The first-order chi connectivity index (χ1) is 11.7. The van der Waals surface area contributed by atoms with E-state index in [1.165, 1.54) is 6.20 Å². The molecule has 0 aliphatic carbocycles. The molecule has 2 aromatic heterocycles. The van der Waals surface area contributed by atoms with E-state index >= 15 is 0 Å². The van der Waals surface area contributed by atoms with Gasteiger partial charge in [-0.1, -0.05) is 0 Å². The molecule has 0 aliphatic heterocycles. The molecule has 0 unspecified atom stereocenters. The topological polar surface area (TPSA) is 96.1 Å². The van der Waals surface area contributed by atoms with E-state index in [0.717, 1.165) is 5.75 Å². The monoisotopic (exact) mass is 390 g/mol. The predicted molar refractivity (Wildman–Crippen MR) is 90.9 cm³/mol. The fraction of sp³-hybridized carbons (Fsp3) is 0.0625. The van der Waals surface area contributed by atoms with Crippen LogP contribution in [0, 0.1) is 0 Å². The molecule has 2 amide bonds. The molecule has 0 spiro atoms. The molecule has 0 bridgehead atoms. The molecule has 0 fully saturated rings. The summed E-state index contributed by atoms with van der Waals surface area (Å²) in [5.41, 5.74) is 1.12. The summed E-state index contributed by atoms with van der Waals surface area (Å²) in [6.45, 7) is 0. The van der Waals surface area contributed by atoms with Crippen LogP contribution in [-0.2, 0) is 0 Å². The summed E-state index contributed by atoms with van der Waals surface area (Å²) in [5.74, 6) is 0.217. The number of anilines is 2. The van der Waals surface area contributed by atoms with Crippen LogP contribution in [0.25, 0.3) is 0 Å². The van der Waals surface area contributed by atoms with Gasteiger partial charge < -0.3 is 0 Å². The molecule has 2 heterocycles. The van der Waals surface area contributed by atoms with Crippen molar-refractivity contribution in [2.45, 2.75) is 0 Å². The maximum atomic E-state index is 12.2. The molecule has 3 N–H and O–H groups in total. The fourth-order valence-electron chi connectivity index (χ4n) is 1.94. The average molecular weight is 389 g/mol. The second-order valence-corrected chi connectivity index (χ2v) is 6.91. The summed E-state index contributed by atoms with van der Waals surface area (Å²) >= 11 is -0.348. The minimum atomic E-state index is -0.348. The number of aromatic nitrogens is 2. The van der Waals surface area contributed by atoms with E-state index in [2.05, 4.69) is 20.6 Å². The van der Waals surface area contributed by atoms with Crippen LogP contribution >= 0.6 is 0 Å². The Bertz CT molecular complexity index is 841. The third-order valence-electron chi connectivity index (χ3n) is 3.14. The van der Waals surface area contributed by atoms with Crippen LogP contribution < -0.4 is 15.4 Å². The van der Waals surface area contributed by atoms with Crippen LogP contribution in [0.5, 0.6) is 5.75 Å². The van der Waals surface area contributed by atoms with Gasteiger partial charge in [0.2, 0.25) is 0 Å². The number of benzene rings is 1. The van der Waals surface area contributed by atoms with Gasteiger partial charge in [0.1, 0.15) is 0 Å². The summed E-state index contributed by atoms with van der Waals surface area (Å²) in [6, 6.07) is 10.5. The third-order valence-corrected chi connectivity index (χ3v) is 5.05. The average Bonchev–Trinajstić information content (AvgIpc) is 3.27. The zero-order chi connectivity index (χ0) is 16.9. The van der Waals surface area contributed by atoms with Gasteiger partial charge in [-0.05, 0) is 0 Å². The zero-order valence-electron chi connectivity index (χ0n) is 12.7. The number of rotatable bonds is 5. The predicted octanol–water partition coefficient (Wildman–Crippen LogP) is 1.98. The van der Waals surface area contributed by atoms with Crippen molar-refractivity contribution < 1.29 is 14.3 Å². The zero-order valence-corrected chi connectivity index (χ0v) is 14.4. The Balaban J connectivity index is 1.63. The van der Waals surface area contributed by atoms with Gasteiger partial charge in [-0.25, -0.2) is 0 Å². The minimum absolute atomic E-state index is 0.229. The van der Waals surface area contributed by atoms with Gasteiger partial charge in [-0.3, -0.25) is 0 Å². The Labute approximate surface area is 143 Å². The van der Waals surface area contributed by atoms with E-state index in [0.29, 0.717) is 20.5 Å². The van der Waals surface area contributed by atoms with Gasteiger partial charge in [0.15, 0.2) is 0 Å². The number of carbonyl (C=O) groups excluding carboxylic acids is 2. The van der Waals surface area contributed by atoms with Crippen LogP contribution in [0.2, 0.25) is 0 Å². The van der Waals surface area contributed by atoms with Gasteiger partial charge in [0.05, 0.1) is 0 Å². The van der Waals surface area contributed by atoms with E-state index in [4.69, 9.17) is 4.74 Å². The molecule has 3 rings (SSSR count). The van der Waals surface area contributed by atoms with Gasteiger partial charge >= 0.3 is 143 Å². The Morgan fingerprint density at radius 2 is 1.92 bits per heavy atom. The Morgan fingerprint density at radius 1 is 1.12 bits per heavy atom. The van der Waals surface area contributed by atoms with Gasteiger partial charge in [-0.2, -0.15) is 0 Å². The number of nitrogens with zero attached hydrogens (tertiary/aromatic N) is 1. The first-order valence-corrected chi connectivity index (χ1v) is 8.73. The van der Waals surface area contributed by atoms with Crippen molar-refractivity contribution in [1.82, 2.24) is 9.97 Å². The van der Waals surface area contributed by atoms with Crippen molar-refractivity contribution in [2.75, 3.05) is 17.7 Å². The van der Waals surface area contributed by atoms with E-state index in [-0.39, 0.29) is 26.3 Å². The Kier molecular flexibility index (Phi) is 4.79. The van der Waals surface area contributed by atoms with Crippen LogP contribution in [0.4, 0.5) is 10.4 Å². The standard InChI is InChI=1S/C16H14N4O3Se/c1-23-11-6-4-10(5-7-11)19-15(22)13-9-18-16(24-13)20-14(21)12-3-2-8-17-12/h2-9,17H,1H3,(H,19,22)(H,18,20,21). The maximum absolute atomic E-state index is 12.2. The van der Waals surface area contributed by atoms with Crippen molar-refractivity contribution in [3.05, 3.63) is 58.9 Å². The molecule has 0 atom stereocenters. The first-order valence-electron chi connectivity index (χ1n) is 7.01. The van der Waals surface area contributed by atoms with E-state index in [1.807, 2.05) is 0 Å². The number of amides is 2. The molecule has 0 saturated carbocycles. The van der Waals surface area contributed by atoms with Crippen molar-refractivity contribution in [2.24, 2.45) is 0 Å². The molecule has 24 heavy (non-hydrogen) atoms. The molecular formula is C16H14N4O3Se. The number of H-pyrrole nitrogens is 1.